The number of hydrogen-bond acceptors (Lipinski definition) is 3. The Morgan fingerprint density at radius 1 is 1.13 bits per heavy atom. The molecule has 1 saturated carbocycles. The van der Waals surface area contributed by atoms with Crippen molar-refractivity contribution in [3.05, 3.63) is 35.9 Å². The predicted octanol–water partition coefficient (Wildman–Crippen LogP) is 3.74. The van der Waals surface area contributed by atoms with E-state index < -0.39 is 0 Å². The SMILES string of the molecule is CN1C2CCC1CC(OC(=O)C(CC1CC1)c1ccccc1)C2. The number of rotatable bonds is 5. The smallest absolute Gasteiger partial charge is 0.313 e. The number of carbonyl (C=O) groups excluding carboxylic acids is 1. The maximum atomic E-state index is 12.9. The van der Waals surface area contributed by atoms with Gasteiger partial charge >= 0.3 is 5.97 Å². The summed E-state index contributed by atoms with van der Waals surface area (Å²) in [6, 6.07) is 11.4. The van der Waals surface area contributed by atoms with Crippen molar-refractivity contribution in [2.75, 3.05) is 7.05 Å². The fraction of sp³-hybridized carbons (Fsp3) is 0.650. The lowest BCUT2D eigenvalue weighted by Gasteiger charge is -2.36. The lowest BCUT2D eigenvalue weighted by molar-refractivity contribution is -0.154. The van der Waals surface area contributed by atoms with E-state index in [1.165, 1.54) is 25.7 Å². The van der Waals surface area contributed by atoms with Crippen molar-refractivity contribution in [1.82, 2.24) is 4.90 Å². The van der Waals surface area contributed by atoms with Crippen molar-refractivity contribution < 1.29 is 9.53 Å². The minimum Gasteiger partial charge on any atom is -0.462 e. The van der Waals surface area contributed by atoms with Crippen LogP contribution in [0.3, 0.4) is 0 Å². The van der Waals surface area contributed by atoms with Crippen LogP contribution in [0.1, 0.15) is 56.4 Å². The second kappa shape index (κ2) is 6.27. The van der Waals surface area contributed by atoms with Gasteiger partial charge in [-0.15, -0.1) is 0 Å². The lowest BCUT2D eigenvalue weighted by atomic mass is 9.93. The second-order valence-corrected chi connectivity index (χ2v) is 7.72. The first-order chi connectivity index (χ1) is 11.2. The van der Waals surface area contributed by atoms with Gasteiger partial charge in [-0.2, -0.15) is 0 Å². The first-order valence-electron chi connectivity index (χ1n) is 9.18. The molecule has 3 fully saturated rings. The summed E-state index contributed by atoms with van der Waals surface area (Å²) in [5, 5.41) is 0. The van der Waals surface area contributed by atoms with Crippen molar-refractivity contribution in [2.24, 2.45) is 5.92 Å². The second-order valence-electron chi connectivity index (χ2n) is 7.72. The molecule has 124 valence electrons. The van der Waals surface area contributed by atoms with Crippen LogP contribution in [-0.2, 0) is 9.53 Å². The Morgan fingerprint density at radius 3 is 2.39 bits per heavy atom. The van der Waals surface area contributed by atoms with Crippen LogP contribution in [0.2, 0.25) is 0 Å². The highest BCUT2D eigenvalue weighted by atomic mass is 16.5. The van der Waals surface area contributed by atoms with Crippen molar-refractivity contribution >= 4 is 5.97 Å². The summed E-state index contributed by atoms with van der Waals surface area (Å²) in [5.41, 5.74) is 1.13. The Hall–Kier alpha value is -1.35. The van der Waals surface area contributed by atoms with Gasteiger partial charge in [0.2, 0.25) is 0 Å². The van der Waals surface area contributed by atoms with Gasteiger partial charge in [-0.1, -0.05) is 43.2 Å². The third kappa shape index (κ3) is 3.30. The van der Waals surface area contributed by atoms with E-state index in [1.54, 1.807) is 0 Å². The average Bonchev–Trinajstić information content (AvgIpc) is 3.35. The highest BCUT2D eigenvalue weighted by Crippen LogP contribution is 2.40. The molecule has 3 nitrogen and oxygen atoms in total. The number of nitrogens with zero attached hydrogens (tertiary/aromatic N) is 1. The maximum Gasteiger partial charge on any atom is 0.313 e. The molecule has 1 aromatic carbocycles. The molecule has 3 heteroatoms. The van der Waals surface area contributed by atoms with Crippen LogP contribution < -0.4 is 0 Å². The van der Waals surface area contributed by atoms with E-state index in [4.69, 9.17) is 4.74 Å². The van der Waals surface area contributed by atoms with Gasteiger partial charge in [0, 0.05) is 12.1 Å². The van der Waals surface area contributed by atoms with Crippen molar-refractivity contribution in [3.63, 3.8) is 0 Å². The summed E-state index contributed by atoms with van der Waals surface area (Å²) in [7, 11) is 2.22. The van der Waals surface area contributed by atoms with Crippen LogP contribution in [0, 0.1) is 5.92 Å². The Labute approximate surface area is 139 Å². The van der Waals surface area contributed by atoms with Crippen LogP contribution in [0.5, 0.6) is 0 Å². The molecule has 0 aromatic heterocycles. The molecular weight excluding hydrogens is 286 g/mol. The third-order valence-corrected chi connectivity index (χ3v) is 6.09. The fourth-order valence-corrected chi connectivity index (χ4v) is 4.44. The topological polar surface area (TPSA) is 29.5 Å². The molecule has 23 heavy (non-hydrogen) atoms. The van der Waals surface area contributed by atoms with Gasteiger partial charge in [0.25, 0.3) is 0 Å². The molecule has 2 saturated heterocycles. The van der Waals surface area contributed by atoms with Crippen LogP contribution in [0.15, 0.2) is 30.3 Å². The molecule has 1 aliphatic carbocycles. The first kappa shape index (κ1) is 15.2. The van der Waals surface area contributed by atoms with Gasteiger partial charge < -0.3 is 9.64 Å². The molecule has 0 amide bonds. The minimum absolute atomic E-state index is 0.0112. The van der Waals surface area contributed by atoms with Crippen LogP contribution in [0.25, 0.3) is 0 Å². The van der Waals surface area contributed by atoms with E-state index in [-0.39, 0.29) is 18.0 Å². The molecule has 3 aliphatic rings. The van der Waals surface area contributed by atoms with Crippen LogP contribution in [0.4, 0.5) is 0 Å². The van der Waals surface area contributed by atoms with E-state index in [0.29, 0.717) is 12.1 Å². The zero-order chi connectivity index (χ0) is 15.8. The van der Waals surface area contributed by atoms with Gasteiger partial charge in [0.15, 0.2) is 0 Å². The van der Waals surface area contributed by atoms with E-state index >= 15 is 0 Å². The number of piperidine rings is 1. The molecule has 1 aromatic rings. The molecule has 3 unspecified atom stereocenters. The normalized spacial score (nSPS) is 31.8. The highest BCUT2D eigenvalue weighted by molar-refractivity contribution is 5.78. The average molecular weight is 313 g/mol. The van der Waals surface area contributed by atoms with Crippen LogP contribution >= 0.6 is 0 Å². The van der Waals surface area contributed by atoms with Crippen LogP contribution in [-0.4, -0.2) is 36.1 Å². The number of fused-ring (bicyclic) bond motifs is 2. The van der Waals surface area contributed by atoms with Gasteiger partial charge in [-0.3, -0.25) is 4.79 Å². The summed E-state index contributed by atoms with van der Waals surface area (Å²) < 4.78 is 6.00. The molecule has 3 atom stereocenters. The number of ether oxygens (including phenoxy) is 1. The summed E-state index contributed by atoms with van der Waals surface area (Å²) >= 11 is 0. The molecule has 0 N–H and O–H groups in total. The number of carbonyl (C=O) groups is 1. The molecule has 2 heterocycles. The fourth-order valence-electron chi connectivity index (χ4n) is 4.44. The molecule has 0 spiro atoms. The van der Waals surface area contributed by atoms with Crippen molar-refractivity contribution in [3.8, 4) is 0 Å². The maximum absolute atomic E-state index is 12.9. The van der Waals surface area contributed by atoms with Gasteiger partial charge in [0.1, 0.15) is 6.10 Å². The van der Waals surface area contributed by atoms with Gasteiger partial charge in [-0.25, -0.2) is 0 Å². The van der Waals surface area contributed by atoms with Crippen molar-refractivity contribution in [2.45, 2.75) is 69.1 Å². The van der Waals surface area contributed by atoms with E-state index in [0.717, 1.165) is 30.7 Å². The number of hydrogen-bond donors (Lipinski definition) is 0. The molecule has 2 aliphatic heterocycles. The summed E-state index contributed by atoms with van der Waals surface area (Å²) in [6.07, 6.45) is 8.19. The largest absolute Gasteiger partial charge is 0.462 e. The van der Waals surface area contributed by atoms with E-state index in [2.05, 4.69) is 24.1 Å². The number of benzene rings is 1. The van der Waals surface area contributed by atoms with E-state index in [1.807, 2.05) is 18.2 Å². The molecule has 2 bridgehead atoms. The molecule has 0 radical (unpaired) electrons. The molecular formula is C20H27NO2. The number of esters is 1. The zero-order valence-electron chi connectivity index (χ0n) is 14.0. The van der Waals surface area contributed by atoms with E-state index in [9.17, 15) is 4.79 Å². The third-order valence-electron chi connectivity index (χ3n) is 6.09. The Kier molecular flexibility index (Phi) is 4.14. The van der Waals surface area contributed by atoms with Crippen molar-refractivity contribution in [1.29, 1.82) is 0 Å². The van der Waals surface area contributed by atoms with Gasteiger partial charge in [-0.05, 0) is 50.6 Å². The Balaban J connectivity index is 1.43. The molecule has 4 rings (SSSR count). The summed E-state index contributed by atoms with van der Waals surface area (Å²) in [6.45, 7) is 0. The predicted molar refractivity (Wildman–Crippen MR) is 90.2 cm³/mol. The summed E-state index contributed by atoms with van der Waals surface area (Å²) in [4.78, 5) is 15.3. The standard InChI is InChI=1S/C20H27NO2/c1-21-16-9-10-17(21)13-18(12-16)23-20(22)19(11-14-7-8-14)15-5-3-2-4-6-15/h2-6,14,16-19H,7-13H2,1H3. The minimum atomic E-state index is -0.0685. The highest BCUT2D eigenvalue weighted by Gasteiger charge is 2.41. The first-order valence-corrected chi connectivity index (χ1v) is 9.18. The Morgan fingerprint density at radius 2 is 1.78 bits per heavy atom. The monoisotopic (exact) mass is 313 g/mol. The summed E-state index contributed by atoms with van der Waals surface area (Å²) in [5.74, 6) is 0.666. The lowest BCUT2D eigenvalue weighted by Crippen LogP contribution is -2.43. The zero-order valence-corrected chi connectivity index (χ0v) is 14.0. The van der Waals surface area contributed by atoms with Gasteiger partial charge in [0.05, 0.1) is 5.92 Å². The Bertz CT molecular complexity index is 540. The quantitative estimate of drug-likeness (QED) is 0.776.